The van der Waals surface area contributed by atoms with E-state index in [-0.39, 0.29) is 11.7 Å². The Hall–Kier alpha value is -2.76. The Kier molecular flexibility index (Phi) is 5.51. The monoisotopic (exact) mass is 345 g/mol. The Morgan fingerprint density at radius 2 is 1.88 bits per heavy atom. The van der Waals surface area contributed by atoms with Crippen molar-refractivity contribution in [3.05, 3.63) is 40.6 Å². The molecule has 0 amide bonds. The molecule has 0 bridgehead atoms. The lowest BCUT2D eigenvalue weighted by Gasteiger charge is -2.17. The van der Waals surface area contributed by atoms with E-state index in [1.54, 1.807) is 18.2 Å². The Morgan fingerprint density at radius 3 is 2.48 bits per heavy atom. The highest BCUT2D eigenvalue weighted by Crippen LogP contribution is 2.36. The average molecular weight is 345 g/mol. The molecule has 6 heteroatoms. The highest BCUT2D eigenvalue weighted by atomic mass is 16.5. The summed E-state index contributed by atoms with van der Waals surface area (Å²) in [6.07, 6.45) is 0. The van der Waals surface area contributed by atoms with E-state index >= 15 is 0 Å². The summed E-state index contributed by atoms with van der Waals surface area (Å²) in [7, 11) is 0. The number of benzene rings is 1. The van der Waals surface area contributed by atoms with Gasteiger partial charge < -0.3 is 19.7 Å². The van der Waals surface area contributed by atoms with Crippen molar-refractivity contribution < 1.29 is 24.5 Å². The van der Waals surface area contributed by atoms with Crippen molar-refractivity contribution in [3.63, 3.8) is 0 Å². The molecule has 0 atom stereocenters. The van der Waals surface area contributed by atoms with Crippen molar-refractivity contribution in [2.45, 2.75) is 40.5 Å². The van der Waals surface area contributed by atoms with Crippen LogP contribution in [0, 0.1) is 20.8 Å². The van der Waals surface area contributed by atoms with Crippen molar-refractivity contribution in [1.82, 2.24) is 4.98 Å². The van der Waals surface area contributed by atoms with Crippen molar-refractivity contribution in [2.24, 2.45) is 0 Å². The molecule has 0 unspecified atom stereocenters. The van der Waals surface area contributed by atoms with Crippen LogP contribution in [0.15, 0.2) is 18.2 Å². The SMILES string of the molecule is Cc1cc(OCC(=O)O)c(C)c(C)c1Oc1ccc(O)c(C(C)C)n1. The number of carboxylic acid groups (broad SMARTS) is 1. The molecule has 1 aromatic carbocycles. The summed E-state index contributed by atoms with van der Waals surface area (Å²) in [5, 5.41) is 18.7. The first kappa shape index (κ1) is 18.6. The molecular formula is C19H23NO5. The minimum Gasteiger partial charge on any atom is -0.506 e. The van der Waals surface area contributed by atoms with Gasteiger partial charge in [-0.2, -0.15) is 0 Å². The molecule has 2 N–H and O–H groups in total. The number of hydrogen-bond donors (Lipinski definition) is 2. The molecule has 6 nitrogen and oxygen atoms in total. The Labute approximate surface area is 147 Å². The lowest BCUT2D eigenvalue weighted by molar-refractivity contribution is -0.139. The Balaban J connectivity index is 2.36. The van der Waals surface area contributed by atoms with Crippen molar-refractivity contribution in [2.75, 3.05) is 6.61 Å². The highest BCUT2D eigenvalue weighted by Gasteiger charge is 2.16. The maximum absolute atomic E-state index is 10.7. The third-order valence-electron chi connectivity index (χ3n) is 3.96. The molecule has 2 aromatic rings. The average Bonchev–Trinajstić information content (AvgIpc) is 2.54. The third kappa shape index (κ3) is 4.21. The molecule has 0 fully saturated rings. The predicted octanol–water partition coefficient (Wildman–Crippen LogP) is 4.09. The van der Waals surface area contributed by atoms with Gasteiger partial charge in [0, 0.05) is 6.07 Å². The van der Waals surface area contributed by atoms with Gasteiger partial charge in [0.25, 0.3) is 0 Å². The number of aromatic nitrogens is 1. The van der Waals surface area contributed by atoms with Crippen LogP contribution < -0.4 is 9.47 Å². The molecule has 1 heterocycles. The topological polar surface area (TPSA) is 88.9 Å². The van der Waals surface area contributed by atoms with Crippen LogP contribution in [-0.2, 0) is 4.79 Å². The van der Waals surface area contributed by atoms with Crippen LogP contribution in [-0.4, -0.2) is 27.8 Å². The van der Waals surface area contributed by atoms with Crippen molar-refractivity contribution in [3.8, 4) is 23.1 Å². The maximum Gasteiger partial charge on any atom is 0.341 e. The molecule has 0 aliphatic heterocycles. The quantitative estimate of drug-likeness (QED) is 0.819. The van der Waals surface area contributed by atoms with Crippen LogP contribution in [0.1, 0.15) is 42.1 Å². The molecule has 0 radical (unpaired) electrons. The van der Waals surface area contributed by atoms with Gasteiger partial charge in [-0.05, 0) is 55.5 Å². The zero-order valence-corrected chi connectivity index (χ0v) is 15.1. The van der Waals surface area contributed by atoms with E-state index in [9.17, 15) is 9.90 Å². The van der Waals surface area contributed by atoms with Gasteiger partial charge in [0.05, 0.1) is 5.69 Å². The Morgan fingerprint density at radius 1 is 1.20 bits per heavy atom. The largest absolute Gasteiger partial charge is 0.506 e. The number of aliphatic carboxylic acids is 1. The van der Waals surface area contributed by atoms with E-state index in [2.05, 4.69) is 4.98 Å². The van der Waals surface area contributed by atoms with E-state index in [0.717, 1.165) is 16.7 Å². The van der Waals surface area contributed by atoms with E-state index < -0.39 is 12.6 Å². The second kappa shape index (κ2) is 7.42. The fourth-order valence-electron chi connectivity index (χ4n) is 2.50. The molecule has 0 aliphatic carbocycles. The minimum absolute atomic E-state index is 0.0688. The lowest BCUT2D eigenvalue weighted by atomic mass is 10.0. The summed E-state index contributed by atoms with van der Waals surface area (Å²) in [5.41, 5.74) is 3.04. The number of aromatic hydroxyl groups is 1. The van der Waals surface area contributed by atoms with E-state index in [4.69, 9.17) is 14.6 Å². The van der Waals surface area contributed by atoms with Gasteiger partial charge >= 0.3 is 5.97 Å². The molecular weight excluding hydrogens is 322 g/mol. The normalized spacial score (nSPS) is 10.8. The number of nitrogens with zero attached hydrogens (tertiary/aromatic N) is 1. The van der Waals surface area contributed by atoms with Gasteiger partial charge in [-0.25, -0.2) is 9.78 Å². The van der Waals surface area contributed by atoms with Crippen LogP contribution in [0.3, 0.4) is 0 Å². The third-order valence-corrected chi connectivity index (χ3v) is 3.96. The zero-order valence-electron chi connectivity index (χ0n) is 15.1. The number of hydrogen-bond acceptors (Lipinski definition) is 5. The number of carboxylic acids is 1. The first-order valence-corrected chi connectivity index (χ1v) is 8.03. The highest BCUT2D eigenvalue weighted by molar-refractivity contribution is 5.68. The molecule has 0 spiro atoms. The van der Waals surface area contributed by atoms with Gasteiger partial charge in [-0.3, -0.25) is 0 Å². The molecule has 134 valence electrons. The van der Waals surface area contributed by atoms with E-state index in [1.165, 1.54) is 0 Å². The van der Waals surface area contributed by atoms with Gasteiger partial charge in [0.15, 0.2) is 6.61 Å². The van der Waals surface area contributed by atoms with Crippen LogP contribution in [0.4, 0.5) is 0 Å². The van der Waals surface area contributed by atoms with Crippen molar-refractivity contribution in [1.29, 1.82) is 0 Å². The zero-order chi connectivity index (χ0) is 18.7. The molecule has 0 saturated carbocycles. The number of carbonyl (C=O) groups is 1. The first-order valence-electron chi connectivity index (χ1n) is 8.03. The first-order chi connectivity index (χ1) is 11.7. The second-order valence-electron chi connectivity index (χ2n) is 6.26. The van der Waals surface area contributed by atoms with Gasteiger partial charge in [-0.15, -0.1) is 0 Å². The maximum atomic E-state index is 10.7. The molecule has 0 aliphatic rings. The summed E-state index contributed by atoms with van der Waals surface area (Å²) >= 11 is 0. The van der Waals surface area contributed by atoms with Gasteiger partial charge in [0.2, 0.25) is 5.88 Å². The van der Waals surface area contributed by atoms with Crippen LogP contribution >= 0.6 is 0 Å². The summed E-state index contributed by atoms with van der Waals surface area (Å²) in [5.74, 6) is 0.749. The lowest BCUT2D eigenvalue weighted by Crippen LogP contribution is -2.11. The minimum atomic E-state index is -1.02. The number of ether oxygens (including phenoxy) is 2. The molecule has 0 saturated heterocycles. The van der Waals surface area contributed by atoms with Crippen molar-refractivity contribution >= 4 is 5.97 Å². The summed E-state index contributed by atoms with van der Waals surface area (Å²) in [6, 6.07) is 4.94. The summed E-state index contributed by atoms with van der Waals surface area (Å²) < 4.78 is 11.3. The van der Waals surface area contributed by atoms with Crippen LogP contribution in [0.2, 0.25) is 0 Å². The molecule has 1 aromatic heterocycles. The van der Waals surface area contributed by atoms with Crippen LogP contribution in [0.25, 0.3) is 0 Å². The van der Waals surface area contributed by atoms with E-state index in [0.29, 0.717) is 23.1 Å². The Bertz CT molecular complexity index is 799. The molecule has 2 rings (SSSR count). The predicted molar refractivity (Wildman–Crippen MR) is 93.8 cm³/mol. The van der Waals surface area contributed by atoms with Gasteiger partial charge in [0.1, 0.15) is 17.2 Å². The number of aryl methyl sites for hydroxylation is 1. The molecule has 25 heavy (non-hydrogen) atoms. The smallest absolute Gasteiger partial charge is 0.341 e. The standard InChI is InChI=1S/C19H23NO5/c1-10(2)18-14(21)6-7-16(20-18)25-19-11(3)8-15(12(4)13(19)5)24-9-17(22)23/h6-8,10,21H,9H2,1-5H3,(H,22,23). The number of rotatable bonds is 6. The summed E-state index contributed by atoms with van der Waals surface area (Å²) in [4.78, 5) is 15.1. The second-order valence-corrected chi connectivity index (χ2v) is 6.26. The number of pyridine rings is 1. The fourth-order valence-corrected chi connectivity index (χ4v) is 2.50. The van der Waals surface area contributed by atoms with E-state index in [1.807, 2.05) is 34.6 Å². The fraction of sp³-hybridized carbons (Fsp3) is 0.368. The summed E-state index contributed by atoms with van der Waals surface area (Å²) in [6.45, 7) is 9.09. The van der Waals surface area contributed by atoms with Gasteiger partial charge in [-0.1, -0.05) is 13.8 Å². The van der Waals surface area contributed by atoms with Crippen LogP contribution in [0.5, 0.6) is 23.1 Å².